The third-order valence-corrected chi connectivity index (χ3v) is 6.09. The normalized spacial score (nSPS) is 15.2. The number of carbonyl (C=O) groups is 3. The molecule has 0 aromatic heterocycles. The molecule has 1 aliphatic heterocycles. The van der Waals surface area contributed by atoms with E-state index in [9.17, 15) is 24.5 Å². The highest BCUT2D eigenvalue weighted by molar-refractivity contribution is 8.13. The van der Waals surface area contributed by atoms with E-state index in [1.165, 1.54) is 19.1 Å². The fourth-order valence-corrected chi connectivity index (χ4v) is 3.90. The van der Waals surface area contributed by atoms with Gasteiger partial charge in [-0.2, -0.15) is 0 Å². The van der Waals surface area contributed by atoms with Crippen LogP contribution in [0.15, 0.2) is 24.3 Å². The van der Waals surface area contributed by atoms with E-state index in [2.05, 4.69) is 10.2 Å². The lowest BCUT2D eigenvalue weighted by molar-refractivity contribution is -0.384. The van der Waals surface area contributed by atoms with Crippen molar-refractivity contribution >= 4 is 34.5 Å². The summed E-state index contributed by atoms with van der Waals surface area (Å²) in [5, 5.41) is 13.6. The highest BCUT2D eigenvalue weighted by Crippen LogP contribution is 2.13. The molecule has 11 heteroatoms. The molecule has 1 heterocycles. The number of thioether (sulfide) groups is 1. The van der Waals surface area contributed by atoms with Gasteiger partial charge in [0.25, 0.3) is 5.69 Å². The Bertz CT molecular complexity index is 811. The van der Waals surface area contributed by atoms with E-state index in [-0.39, 0.29) is 22.7 Å². The Morgan fingerprint density at radius 3 is 2.34 bits per heavy atom. The summed E-state index contributed by atoms with van der Waals surface area (Å²) >= 11 is 1.14. The molecule has 10 nitrogen and oxygen atoms in total. The molecule has 2 rings (SSSR count). The van der Waals surface area contributed by atoms with Crippen LogP contribution in [0.2, 0.25) is 0 Å². The lowest BCUT2D eigenvalue weighted by Gasteiger charge is -2.34. The fraction of sp³-hybridized carbons (Fsp3) is 0.571. The summed E-state index contributed by atoms with van der Waals surface area (Å²) in [4.78, 5) is 52.7. The predicted octanol–water partition coefficient (Wildman–Crippen LogP) is 1.59. The van der Waals surface area contributed by atoms with Gasteiger partial charge in [-0.1, -0.05) is 23.9 Å². The maximum atomic E-state index is 12.9. The number of likely N-dealkylation sites (N-methyl/N-ethyl adjacent to an activating group) is 1. The van der Waals surface area contributed by atoms with Crippen molar-refractivity contribution < 1.29 is 19.3 Å². The summed E-state index contributed by atoms with van der Waals surface area (Å²) in [6, 6.07) is 5.17. The summed E-state index contributed by atoms with van der Waals surface area (Å²) in [6.45, 7) is 6.73. The first-order valence-electron chi connectivity index (χ1n) is 10.6. The number of non-ortho nitro benzene ring substituents is 1. The maximum Gasteiger partial charge on any atom is 0.318 e. The summed E-state index contributed by atoms with van der Waals surface area (Å²) in [5.74, 6) is 0.337. The summed E-state index contributed by atoms with van der Waals surface area (Å²) in [7, 11) is 2.01. The molecule has 0 unspecified atom stereocenters. The lowest BCUT2D eigenvalue weighted by atomic mass is 10.1. The highest BCUT2D eigenvalue weighted by Gasteiger charge is 2.26. The van der Waals surface area contributed by atoms with E-state index in [1.807, 2.05) is 7.05 Å². The second-order valence-corrected chi connectivity index (χ2v) is 9.07. The molecule has 1 N–H and O–H groups in total. The Balaban J connectivity index is 1.95. The molecule has 1 aromatic carbocycles. The van der Waals surface area contributed by atoms with Gasteiger partial charge in [-0.25, -0.2) is 4.79 Å². The molecule has 0 saturated carbocycles. The molecule has 0 bridgehead atoms. The zero-order valence-corrected chi connectivity index (χ0v) is 19.6. The average Bonchev–Trinajstić information content (AvgIpc) is 2.76. The number of nitrogens with zero attached hydrogens (tertiary/aromatic N) is 4. The summed E-state index contributed by atoms with van der Waals surface area (Å²) < 4.78 is 0. The van der Waals surface area contributed by atoms with Crippen LogP contribution in [0.3, 0.4) is 0 Å². The fourth-order valence-electron chi connectivity index (χ4n) is 3.30. The minimum Gasteiger partial charge on any atom is -0.338 e. The van der Waals surface area contributed by atoms with Gasteiger partial charge in [0.05, 0.1) is 4.92 Å². The number of urea groups is 1. The second kappa shape index (κ2) is 12.4. The van der Waals surface area contributed by atoms with E-state index < -0.39 is 11.0 Å². The standard InChI is InChI=1S/C21H31N5O5S/c1-16(20(28)24-12-10-23(3)11-13-24)22-21(29)25(14-15-32-17(2)27)9-8-18-4-6-19(7-5-18)26(30)31/h4-7,16H,8-15H2,1-3H3,(H,22,29)/t16-/m0/s1. The maximum absolute atomic E-state index is 12.9. The molecule has 1 atom stereocenters. The molecule has 0 radical (unpaired) electrons. The smallest absolute Gasteiger partial charge is 0.318 e. The van der Waals surface area contributed by atoms with Crippen molar-refractivity contribution in [3.8, 4) is 0 Å². The van der Waals surface area contributed by atoms with Gasteiger partial charge in [0.15, 0.2) is 5.12 Å². The SMILES string of the molecule is CC(=O)SCCN(CCc1ccc([N+](=O)[O-])cc1)C(=O)N[C@@H](C)C(=O)N1CCN(C)CC1. The van der Waals surface area contributed by atoms with E-state index in [4.69, 9.17) is 0 Å². The largest absolute Gasteiger partial charge is 0.338 e. The third kappa shape index (κ3) is 8.12. The highest BCUT2D eigenvalue weighted by atomic mass is 32.2. The van der Waals surface area contributed by atoms with E-state index >= 15 is 0 Å². The Kier molecular flexibility index (Phi) is 9.92. The first kappa shape index (κ1) is 25.6. The van der Waals surface area contributed by atoms with Crippen LogP contribution in [0, 0.1) is 10.1 Å². The molecule has 0 spiro atoms. The monoisotopic (exact) mass is 465 g/mol. The number of nitro benzene ring substituents is 1. The molecule has 0 aliphatic carbocycles. The second-order valence-electron chi connectivity index (χ2n) is 7.80. The van der Waals surface area contributed by atoms with Gasteiger partial charge in [-0.3, -0.25) is 19.7 Å². The van der Waals surface area contributed by atoms with Crippen LogP contribution in [0.1, 0.15) is 19.4 Å². The topological polar surface area (TPSA) is 116 Å². The minimum absolute atomic E-state index is 0.0115. The number of piperazine rings is 1. The molecule has 3 amide bonds. The molecule has 1 fully saturated rings. The van der Waals surface area contributed by atoms with Gasteiger partial charge in [0.1, 0.15) is 6.04 Å². The van der Waals surface area contributed by atoms with Gasteiger partial charge in [0, 0.05) is 64.1 Å². The molecular weight excluding hydrogens is 434 g/mol. The zero-order chi connectivity index (χ0) is 23.7. The zero-order valence-electron chi connectivity index (χ0n) is 18.8. The Hall–Kier alpha value is -2.66. The summed E-state index contributed by atoms with van der Waals surface area (Å²) in [6.07, 6.45) is 0.497. The van der Waals surface area contributed by atoms with Gasteiger partial charge < -0.3 is 20.0 Å². The van der Waals surface area contributed by atoms with Crippen LogP contribution in [-0.2, 0) is 16.0 Å². The first-order valence-corrected chi connectivity index (χ1v) is 11.6. The average molecular weight is 466 g/mol. The van der Waals surface area contributed by atoms with E-state index in [0.29, 0.717) is 38.4 Å². The van der Waals surface area contributed by atoms with Gasteiger partial charge in [-0.15, -0.1) is 0 Å². The first-order chi connectivity index (χ1) is 15.2. The van der Waals surface area contributed by atoms with Crippen LogP contribution in [0.5, 0.6) is 0 Å². The van der Waals surface area contributed by atoms with Crippen LogP contribution >= 0.6 is 11.8 Å². The molecule has 176 valence electrons. The van der Waals surface area contributed by atoms with E-state index in [0.717, 1.165) is 30.4 Å². The van der Waals surface area contributed by atoms with Crippen LogP contribution in [0.4, 0.5) is 10.5 Å². The predicted molar refractivity (Wildman–Crippen MR) is 124 cm³/mol. The number of rotatable bonds is 9. The number of nitro groups is 1. The van der Waals surface area contributed by atoms with Crippen LogP contribution in [0.25, 0.3) is 0 Å². The number of hydrogen-bond acceptors (Lipinski definition) is 7. The number of benzene rings is 1. The van der Waals surface area contributed by atoms with Crippen molar-refractivity contribution in [2.24, 2.45) is 0 Å². The number of hydrogen-bond donors (Lipinski definition) is 1. The molecule has 1 saturated heterocycles. The number of carbonyl (C=O) groups excluding carboxylic acids is 3. The Labute approximate surface area is 192 Å². The number of amides is 3. The number of nitrogens with one attached hydrogen (secondary N) is 1. The van der Waals surface area contributed by atoms with Crippen molar-refractivity contribution in [3.05, 3.63) is 39.9 Å². The Morgan fingerprint density at radius 2 is 1.78 bits per heavy atom. The van der Waals surface area contributed by atoms with E-state index in [1.54, 1.807) is 28.9 Å². The molecule has 1 aliphatic rings. The molecule has 1 aromatic rings. The third-order valence-electron chi connectivity index (χ3n) is 5.30. The molecular formula is C21H31N5O5S. The lowest BCUT2D eigenvalue weighted by Crippen LogP contribution is -2.55. The van der Waals surface area contributed by atoms with Crippen LogP contribution < -0.4 is 5.32 Å². The van der Waals surface area contributed by atoms with Crippen molar-refractivity contribution in [1.82, 2.24) is 20.0 Å². The summed E-state index contributed by atoms with van der Waals surface area (Å²) in [5.41, 5.74) is 0.867. The van der Waals surface area contributed by atoms with Gasteiger partial charge in [0.2, 0.25) is 5.91 Å². The molecule has 32 heavy (non-hydrogen) atoms. The van der Waals surface area contributed by atoms with Crippen molar-refractivity contribution in [2.75, 3.05) is 52.1 Å². The van der Waals surface area contributed by atoms with Gasteiger partial charge in [-0.05, 0) is 26.0 Å². The quantitative estimate of drug-likeness (QED) is 0.435. The van der Waals surface area contributed by atoms with Gasteiger partial charge >= 0.3 is 6.03 Å². The van der Waals surface area contributed by atoms with Crippen LogP contribution in [-0.4, -0.2) is 94.8 Å². The minimum atomic E-state index is -0.659. The van der Waals surface area contributed by atoms with Crippen molar-refractivity contribution in [2.45, 2.75) is 26.3 Å². The van der Waals surface area contributed by atoms with Crippen molar-refractivity contribution in [3.63, 3.8) is 0 Å². The van der Waals surface area contributed by atoms with Crippen molar-refractivity contribution in [1.29, 1.82) is 0 Å². The Morgan fingerprint density at radius 1 is 1.16 bits per heavy atom.